The van der Waals surface area contributed by atoms with Crippen molar-refractivity contribution in [2.24, 2.45) is 16.5 Å². The van der Waals surface area contributed by atoms with Gasteiger partial charge in [0, 0.05) is 0 Å². The summed E-state index contributed by atoms with van der Waals surface area (Å²) in [7, 11) is 0.0116. The molecule has 0 aliphatic rings. The zero-order chi connectivity index (χ0) is 6.08. The highest BCUT2D eigenvalue weighted by Gasteiger charge is 1.93. The molecule has 0 rings (SSSR count). The van der Waals surface area contributed by atoms with Gasteiger partial charge in [0.25, 0.3) is 0 Å². The molecule has 5 heteroatoms. The highest BCUT2D eigenvalue weighted by molar-refractivity contribution is 8.30. The molecule has 0 atom stereocenters. The quantitative estimate of drug-likeness (QED) is 0.395. The molecule has 6 N–H and O–H groups in total. The van der Waals surface area contributed by atoms with Gasteiger partial charge in [-0.05, 0) is 12.5 Å². The van der Waals surface area contributed by atoms with E-state index in [0.29, 0.717) is 0 Å². The maximum absolute atomic E-state index is 5.36. The standard InChI is InChI=1S/C2H12N3PS/c1-7(2)6(3,4)5/h3-5H2,1-2H3. The molecule has 46 valence electrons. The third kappa shape index (κ3) is 3.26. The molecule has 0 aliphatic carbocycles. The minimum Gasteiger partial charge on any atom is -0.284 e. The van der Waals surface area contributed by atoms with Crippen molar-refractivity contribution in [1.82, 2.24) is 0 Å². The summed E-state index contributed by atoms with van der Waals surface area (Å²) >= 11 is 0. The van der Waals surface area contributed by atoms with Gasteiger partial charge in [-0.25, -0.2) is 0 Å². The van der Waals surface area contributed by atoms with E-state index in [-0.39, 0.29) is 10.1 Å². The number of rotatable bonds is 0. The van der Waals surface area contributed by atoms with Crippen molar-refractivity contribution < 1.29 is 0 Å². The first-order valence-electron chi connectivity index (χ1n) is 1.77. The second-order valence-corrected chi connectivity index (χ2v) is 8.70. The van der Waals surface area contributed by atoms with Crippen LogP contribution in [0.2, 0.25) is 0 Å². The van der Waals surface area contributed by atoms with Crippen LogP contribution in [0.4, 0.5) is 0 Å². The summed E-state index contributed by atoms with van der Waals surface area (Å²) in [6.07, 6.45) is 3.90. The van der Waals surface area contributed by atoms with Crippen molar-refractivity contribution in [3.05, 3.63) is 0 Å². The normalized spacial score (nSPS) is 12.9. The van der Waals surface area contributed by atoms with E-state index in [9.17, 15) is 0 Å². The van der Waals surface area contributed by atoms with Crippen LogP contribution in [0.25, 0.3) is 0 Å². The first kappa shape index (κ1) is 7.66. The third-order valence-corrected chi connectivity index (χ3v) is 5.69. The maximum atomic E-state index is 5.36. The van der Waals surface area contributed by atoms with Gasteiger partial charge >= 0.3 is 0 Å². The SMILES string of the molecule is CS(C)=P(N)(N)N. The highest BCUT2D eigenvalue weighted by atomic mass is 32.5. The zero-order valence-corrected chi connectivity index (χ0v) is 6.30. The summed E-state index contributed by atoms with van der Waals surface area (Å²) in [5.74, 6) is 0. The monoisotopic (exact) mass is 141 g/mol. The smallest absolute Gasteiger partial charge is 0.0894 e. The zero-order valence-electron chi connectivity index (χ0n) is 4.59. The van der Waals surface area contributed by atoms with E-state index in [2.05, 4.69) is 0 Å². The summed E-state index contributed by atoms with van der Waals surface area (Å²) in [4.78, 5) is 0. The Balaban J connectivity index is 4.28. The second-order valence-electron chi connectivity index (χ2n) is 1.54. The van der Waals surface area contributed by atoms with Gasteiger partial charge in [-0.1, -0.05) is 0 Å². The minimum absolute atomic E-state index is 0.0116. The Hall–Kier alpha value is 0.660. The summed E-state index contributed by atoms with van der Waals surface area (Å²) < 4.78 is 0. The average Bonchev–Trinajstić information content (AvgIpc) is 1.31. The van der Waals surface area contributed by atoms with Crippen LogP contribution in [0.1, 0.15) is 0 Å². The average molecular weight is 141 g/mol. The van der Waals surface area contributed by atoms with E-state index in [1.165, 1.54) is 0 Å². The Morgan fingerprint density at radius 2 is 1.29 bits per heavy atom. The fraction of sp³-hybridized carbons (Fsp3) is 1.00. The Morgan fingerprint density at radius 1 is 1.14 bits per heavy atom. The lowest BCUT2D eigenvalue weighted by atomic mass is 11.9. The van der Waals surface area contributed by atoms with Crippen molar-refractivity contribution in [1.29, 1.82) is 0 Å². The Kier molecular flexibility index (Phi) is 2.50. The molecule has 3 nitrogen and oxygen atoms in total. The van der Waals surface area contributed by atoms with E-state index in [1.54, 1.807) is 0 Å². The molecule has 0 saturated heterocycles. The van der Waals surface area contributed by atoms with Gasteiger partial charge in [-0.15, -0.1) is 0 Å². The van der Waals surface area contributed by atoms with E-state index in [0.717, 1.165) is 0 Å². The van der Waals surface area contributed by atoms with Crippen LogP contribution in [0.3, 0.4) is 0 Å². The molecular formula is C2H12N3PS. The molecule has 0 fully saturated rings. The van der Waals surface area contributed by atoms with Crippen LogP contribution < -0.4 is 16.5 Å². The van der Waals surface area contributed by atoms with Gasteiger partial charge < -0.3 is 0 Å². The molecule has 0 aromatic heterocycles. The first-order valence-corrected chi connectivity index (χ1v) is 6.42. The van der Waals surface area contributed by atoms with Crippen molar-refractivity contribution in [2.75, 3.05) is 12.5 Å². The second kappa shape index (κ2) is 2.29. The summed E-state index contributed by atoms with van der Waals surface area (Å²) in [6, 6.07) is 0. The molecule has 0 aliphatic heterocycles. The number of hydrogen-bond acceptors (Lipinski definition) is 0. The van der Waals surface area contributed by atoms with E-state index in [4.69, 9.17) is 16.5 Å². The van der Waals surface area contributed by atoms with Gasteiger partial charge in [0.1, 0.15) is 0 Å². The summed E-state index contributed by atoms with van der Waals surface area (Å²) in [6.45, 7) is -1.96. The Bertz CT molecular complexity index is 102. The summed E-state index contributed by atoms with van der Waals surface area (Å²) in [5, 5.41) is 0. The maximum Gasteiger partial charge on any atom is 0.0894 e. The molecule has 0 radical (unpaired) electrons. The van der Waals surface area contributed by atoms with Crippen molar-refractivity contribution in [2.45, 2.75) is 0 Å². The summed E-state index contributed by atoms with van der Waals surface area (Å²) in [5.41, 5.74) is 16.1. The van der Waals surface area contributed by atoms with Crippen LogP contribution in [-0.2, 0) is 10.1 Å². The molecule has 0 aromatic rings. The lowest BCUT2D eigenvalue weighted by Gasteiger charge is -2.09. The molecule has 0 spiro atoms. The lowest BCUT2D eigenvalue weighted by molar-refractivity contribution is 1.68. The largest absolute Gasteiger partial charge is 0.284 e. The van der Waals surface area contributed by atoms with Gasteiger partial charge in [-0.3, -0.25) is 16.5 Å². The molecule has 0 heterocycles. The molecule has 0 aromatic carbocycles. The fourth-order valence-corrected chi connectivity index (χ4v) is 0. The molecule has 0 amide bonds. The predicted octanol–water partition coefficient (Wildman–Crippen LogP) is -0.582. The third-order valence-electron chi connectivity index (χ3n) is 0.632. The predicted molar refractivity (Wildman–Crippen MR) is 38.7 cm³/mol. The fourth-order valence-electron chi connectivity index (χ4n) is 0. The molecule has 0 bridgehead atoms. The van der Waals surface area contributed by atoms with Crippen LogP contribution >= 0.6 is 6.49 Å². The molecule has 0 saturated carbocycles. The molecule has 7 heavy (non-hydrogen) atoms. The Labute approximate surface area is 46.3 Å². The van der Waals surface area contributed by atoms with Gasteiger partial charge in [0.05, 0.1) is 6.49 Å². The van der Waals surface area contributed by atoms with Crippen molar-refractivity contribution in [3.8, 4) is 0 Å². The van der Waals surface area contributed by atoms with E-state index < -0.39 is 6.49 Å². The number of nitrogens with two attached hydrogens (primary N) is 3. The molecule has 0 unspecified atom stereocenters. The highest BCUT2D eigenvalue weighted by Crippen LogP contribution is 2.18. The van der Waals surface area contributed by atoms with Gasteiger partial charge in [0.2, 0.25) is 0 Å². The van der Waals surface area contributed by atoms with Gasteiger partial charge in [-0.2, -0.15) is 10.1 Å². The van der Waals surface area contributed by atoms with Crippen LogP contribution in [0.5, 0.6) is 0 Å². The molecular weight excluding hydrogens is 129 g/mol. The minimum atomic E-state index is -1.96. The van der Waals surface area contributed by atoms with Crippen LogP contribution in [0, 0.1) is 0 Å². The van der Waals surface area contributed by atoms with Crippen LogP contribution in [-0.4, -0.2) is 12.5 Å². The Morgan fingerprint density at radius 3 is 1.29 bits per heavy atom. The van der Waals surface area contributed by atoms with Crippen molar-refractivity contribution in [3.63, 3.8) is 0 Å². The topological polar surface area (TPSA) is 78.1 Å². The van der Waals surface area contributed by atoms with E-state index in [1.807, 2.05) is 12.5 Å². The first-order chi connectivity index (χ1) is 2.94. The number of hydrogen-bond donors (Lipinski definition) is 3. The van der Waals surface area contributed by atoms with Gasteiger partial charge in [0.15, 0.2) is 0 Å². The van der Waals surface area contributed by atoms with Crippen molar-refractivity contribution >= 4 is 16.6 Å². The lowest BCUT2D eigenvalue weighted by Crippen LogP contribution is -2.17. The van der Waals surface area contributed by atoms with Crippen LogP contribution in [0.15, 0.2) is 0 Å². The van der Waals surface area contributed by atoms with E-state index >= 15 is 0 Å².